The van der Waals surface area contributed by atoms with E-state index in [4.69, 9.17) is 11.6 Å². The molecule has 3 heterocycles. The van der Waals surface area contributed by atoms with Crippen molar-refractivity contribution < 1.29 is 4.79 Å². The van der Waals surface area contributed by atoms with Crippen molar-refractivity contribution >= 4 is 34.1 Å². The second-order valence-corrected chi connectivity index (χ2v) is 7.21. The number of amides is 1. The highest BCUT2D eigenvalue weighted by Crippen LogP contribution is 2.42. The van der Waals surface area contributed by atoms with Crippen molar-refractivity contribution in [2.24, 2.45) is 5.41 Å². The standard InChI is InChI=1S/C17H20ClN3O/c1-20-11-17(10-16(20)22)3-6-21(7-4-17)15-9-12(18)8-14-13(15)2-5-19-14/h2,5,8-9,19H,3-4,6-7,10-11H2,1H3. The number of piperidine rings is 1. The van der Waals surface area contributed by atoms with Crippen LogP contribution in [-0.2, 0) is 4.79 Å². The van der Waals surface area contributed by atoms with Gasteiger partial charge in [-0.2, -0.15) is 0 Å². The molecule has 22 heavy (non-hydrogen) atoms. The van der Waals surface area contributed by atoms with E-state index in [2.05, 4.69) is 22.0 Å². The van der Waals surface area contributed by atoms with Gasteiger partial charge in [-0.05, 0) is 31.0 Å². The Hall–Kier alpha value is -1.68. The lowest BCUT2D eigenvalue weighted by molar-refractivity contribution is -0.126. The van der Waals surface area contributed by atoms with Gasteiger partial charge in [-0.1, -0.05) is 11.6 Å². The number of hydrogen-bond donors (Lipinski definition) is 1. The summed E-state index contributed by atoms with van der Waals surface area (Å²) in [6, 6.07) is 6.14. The first-order valence-corrected chi connectivity index (χ1v) is 8.20. The van der Waals surface area contributed by atoms with Gasteiger partial charge in [-0.25, -0.2) is 0 Å². The highest BCUT2D eigenvalue weighted by atomic mass is 35.5. The summed E-state index contributed by atoms with van der Waals surface area (Å²) in [5.41, 5.74) is 2.48. The fourth-order valence-corrected chi connectivity index (χ4v) is 4.25. The van der Waals surface area contributed by atoms with Gasteiger partial charge in [0.1, 0.15) is 0 Å². The first kappa shape index (κ1) is 13.9. The van der Waals surface area contributed by atoms with Crippen LogP contribution in [0.2, 0.25) is 5.02 Å². The lowest BCUT2D eigenvalue weighted by Gasteiger charge is -2.40. The van der Waals surface area contributed by atoms with E-state index in [0.29, 0.717) is 12.3 Å². The lowest BCUT2D eigenvalue weighted by atomic mass is 9.77. The minimum atomic E-state index is 0.193. The summed E-state index contributed by atoms with van der Waals surface area (Å²) in [4.78, 5) is 19.4. The van der Waals surface area contributed by atoms with Crippen LogP contribution in [0.1, 0.15) is 19.3 Å². The van der Waals surface area contributed by atoms with Crippen molar-refractivity contribution in [3.63, 3.8) is 0 Å². The van der Waals surface area contributed by atoms with Crippen molar-refractivity contribution in [2.45, 2.75) is 19.3 Å². The Kier molecular flexibility index (Phi) is 3.12. The molecule has 1 spiro atoms. The van der Waals surface area contributed by atoms with Crippen LogP contribution in [0.15, 0.2) is 24.4 Å². The minimum absolute atomic E-state index is 0.193. The summed E-state index contributed by atoms with van der Waals surface area (Å²) in [6.45, 7) is 2.89. The molecule has 2 saturated heterocycles. The third kappa shape index (κ3) is 2.17. The smallest absolute Gasteiger partial charge is 0.222 e. The van der Waals surface area contributed by atoms with Gasteiger partial charge in [-0.3, -0.25) is 4.79 Å². The predicted octanol–water partition coefficient (Wildman–Crippen LogP) is 3.27. The average Bonchev–Trinajstić information content (AvgIpc) is 3.04. The summed E-state index contributed by atoms with van der Waals surface area (Å²) >= 11 is 6.26. The normalized spacial score (nSPS) is 21.3. The van der Waals surface area contributed by atoms with E-state index in [1.807, 2.05) is 24.2 Å². The topological polar surface area (TPSA) is 39.3 Å². The van der Waals surface area contributed by atoms with Gasteiger partial charge in [0.2, 0.25) is 5.91 Å². The van der Waals surface area contributed by atoms with Crippen molar-refractivity contribution in [1.29, 1.82) is 0 Å². The van der Waals surface area contributed by atoms with Gasteiger partial charge in [0.15, 0.2) is 0 Å². The quantitative estimate of drug-likeness (QED) is 0.877. The molecule has 4 rings (SSSR count). The highest BCUT2D eigenvalue weighted by Gasteiger charge is 2.43. The molecule has 2 aliphatic heterocycles. The predicted molar refractivity (Wildman–Crippen MR) is 89.4 cm³/mol. The van der Waals surface area contributed by atoms with E-state index < -0.39 is 0 Å². The van der Waals surface area contributed by atoms with Crippen LogP contribution < -0.4 is 4.90 Å². The molecule has 0 atom stereocenters. The molecule has 5 heteroatoms. The molecule has 0 radical (unpaired) electrons. The maximum atomic E-state index is 11.9. The van der Waals surface area contributed by atoms with Gasteiger partial charge in [0.05, 0.1) is 0 Å². The molecule has 1 N–H and O–H groups in total. The first-order chi connectivity index (χ1) is 10.6. The Morgan fingerprint density at radius 2 is 2.05 bits per heavy atom. The Labute approximate surface area is 135 Å². The van der Waals surface area contributed by atoms with Crippen LogP contribution >= 0.6 is 11.6 Å². The van der Waals surface area contributed by atoms with E-state index in [0.717, 1.165) is 43.0 Å². The van der Waals surface area contributed by atoms with Crippen LogP contribution in [0.25, 0.3) is 10.9 Å². The van der Waals surface area contributed by atoms with Gasteiger partial charge in [0, 0.05) is 66.3 Å². The van der Waals surface area contributed by atoms with Gasteiger partial charge in [0.25, 0.3) is 0 Å². The molecule has 2 aliphatic rings. The van der Waals surface area contributed by atoms with E-state index in [-0.39, 0.29) is 5.41 Å². The molecular formula is C17H20ClN3O. The number of anilines is 1. The average molecular weight is 318 g/mol. The zero-order valence-electron chi connectivity index (χ0n) is 12.7. The molecule has 1 amide bonds. The second-order valence-electron chi connectivity index (χ2n) is 6.78. The van der Waals surface area contributed by atoms with E-state index >= 15 is 0 Å². The molecule has 2 aromatic rings. The number of H-pyrrole nitrogens is 1. The Balaban J connectivity index is 1.58. The fraction of sp³-hybridized carbons (Fsp3) is 0.471. The number of aromatic amines is 1. The third-order valence-corrected chi connectivity index (χ3v) is 5.52. The van der Waals surface area contributed by atoms with Crippen molar-refractivity contribution in [3.05, 3.63) is 29.4 Å². The molecule has 116 valence electrons. The number of nitrogens with one attached hydrogen (secondary N) is 1. The number of carbonyl (C=O) groups is 1. The summed E-state index contributed by atoms with van der Waals surface area (Å²) in [5, 5.41) is 1.99. The molecule has 0 saturated carbocycles. The summed E-state index contributed by atoms with van der Waals surface area (Å²) in [5.74, 6) is 0.296. The second kappa shape index (κ2) is 4.92. The minimum Gasteiger partial charge on any atom is -0.371 e. The van der Waals surface area contributed by atoms with Gasteiger partial charge >= 0.3 is 0 Å². The maximum Gasteiger partial charge on any atom is 0.222 e. The number of benzene rings is 1. The molecule has 1 aromatic heterocycles. The molecule has 2 fully saturated rings. The number of aromatic nitrogens is 1. The van der Waals surface area contributed by atoms with Gasteiger partial charge in [-0.15, -0.1) is 0 Å². The van der Waals surface area contributed by atoms with Crippen LogP contribution in [0.5, 0.6) is 0 Å². The molecular weight excluding hydrogens is 298 g/mol. The highest BCUT2D eigenvalue weighted by molar-refractivity contribution is 6.31. The van der Waals surface area contributed by atoms with Crippen LogP contribution in [0.4, 0.5) is 5.69 Å². The number of rotatable bonds is 1. The number of halogens is 1. The molecule has 1 aromatic carbocycles. The molecule has 0 bridgehead atoms. The fourth-order valence-electron chi connectivity index (χ4n) is 4.03. The van der Waals surface area contributed by atoms with E-state index in [1.165, 1.54) is 11.1 Å². The largest absolute Gasteiger partial charge is 0.371 e. The first-order valence-electron chi connectivity index (χ1n) is 7.82. The van der Waals surface area contributed by atoms with Crippen LogP contribution in [0.3, 0.4) is 0 Å². The Morgan fingerprint density at radius 3 is 2.73 bits per heavy atom. The number of carbonyl (C=O) groups excluding carboxylic acids is 1. The Bertz CT molecular complexity index is 731. The monoisotopic (exact) mass is 317 g/mol. The number of nitrogens with zero attached hydrogens (tertiary/aromatic N) is 2. The number of fused-ring (bicyclic) bond motifs is 1. The molecule has 4 nitrogen and oxygen atoms in total. The third-order valence-electron chi connectivity index (χ3n) is 5.30. The van der Waals surface area contributed by atoms with Crippen molar-refractivity contribution in [1.82, 2.24) is 9.88 Å². The zero-order chi connectivity index (χ0) is 15.3. The number of hydrogen-bond acceptors (Lipinski definition) is 2. The zero-order valence-corrected chi connectivity index (χ0v) is 13.5. The molecule has 0 unspecified atom stereocenters. The van der Waals surface area contributed by atoms with Gasteiger partial charge < -0.3 is 14.8 Å². The Morgan fingerprint density at radius 1 is 1.27 bits per heavy atom. The van der Waals surface area contributed by atoms with Crippen LogP contribution in [-0.4, -0.2) is 42.5 Å². The van der Waals surface area contributed by atoms with E-state index in [1.54, 1.807) is 0 Å². The summed E-state index contributed by atoms with van der Waals surface area (Å²) in [7, 11) is 1.92. The SMILES string of the molecule is CN1CC2(CCN(c3cc(Cl)cc4[nH]ccc34)CC2)CC1=O. The van der Waals surface area contributed by atoms with E-state index in [9.17, 15) is 4.79 Å². The summed E-state index contributed by atoms with van der Waals surface area (Å²) in [6.07, 6.45) is 4.82. The molecule has 0 aliphatic carbocycles. The van der Waals surface area contributed by atoms with Crippen LogP contribution in [0, 0.1) is 5.41 Å². The number of likely N-dealkylation sites (tertiary alicyclic amines) is 1. The van der Waals surface area contributed by atoms with Crippen molar-refractivity contribution in [2.75, 3.05) is 31.6 Å². The summed E-state index contributed by atoms with van der Waals surface area (Å²) < 4.78 is 0. The lowest BCUT2D eigenvalue weighted by Crippen LogP contribution is -2.41. The van der Waals surface area contributed by atoms with Crippen molar-refractivity contribution in [3.8, 4) is 0 Å². The maximum absolute atomic E-state index is 11.9.